The Morgan fingerprint density at radius 3 is 3.13 bits per heavy atom. The lowest BCUT2D eigenvalue weighted by molar-refractivity contribution is 0.251. The van der Waals surface area contributed by atoms with E-state index >= 15 is 0 Å². The zero-order chi connectivity index (χ0) is 16.1. The second-order valence-corrected chi connectivity index (χ2v) is 5.81. The first-order valence-corrected chi connectivity index (χ1v) is 8.17. The molecule has 2 aromatic rings. The van der Waals surface area contributed by atoms with Gasteiger partial charge in [0, 0.05) is 30.9 Å². The summed E-state index contributed by atoms with van der Waals surface area (Å²) in [6.45, 7) is 3.48. The number of amides is 2. The van der Waals surface area contributed by atoms with Gasteiger partial charge in [0.2, 0.25) is 0 Å². The Balaban J connectivity index is 1.49. The smallest absolute Gasteiger partial charge is 0.320 e. The van der Waals surface area contributed by atoms with Gasteiger partial charge in [0.05, 0.1) is 6.20 Å². The minimum absolute atomic E-state index is 0.191. The largest absolute Gasteiger partial charge is 0.380 e. The maximum absolute atomic E-state index is 12.1. The molecule has 0 spiro atoms. The van der Waals surface area contributed by atoms with Crippen LogP contribution < -0.4 is 16.0 Å². The van der Waals surface area contributed by atoms with Crippen molar-refractivity contribution in [1.29, 1.82) is 0 Å². The van der Waals surface area contributed by atoms with Crippen LogP contribution in [0.5, 0.6) is 0 Å². The van der Waals surface area contributed by atoms with Crippen molar-refractivity contribution in [3.63, 3.8) is 0 Å². The van der Waals surface area contributed by atoms with Crippen LogP contribution in [-0.4, -0.2) is 28.4 Å². The molecule has 122 valence electrons. The molecule has 23 heavy (non-hydrogen) atoms. The second-order valence-electron chi connectivity index (χ2n) is 5.81. The second kappa shape index (κ2) is 7.17. The normalized spacial score (nSPS) is 16.3. The lowest BCUT2D eigenvalue weighted by atomic mass is 9.98. The fraction of sp³-hybridized carbons (Fsp3) is 0.412. The molecular weight excluding hydrogens is 290 g/mol. The van der Waals surface area contributed by atoms with Crippen LogP contribution in [-0.2, 0) is 13.0 Å². The highest BCUT2D eigenvalue weighted by Crippen LogP contribution is 2.23. The van der Waals surface area contributed by atoms with E-state index in [2.05, 4.69) is 46.2 Å². The summed E-state index contributed by atoms with van der Waals surface area (Å²) in [7, 11) is 0. The average Bonchev–Trinajstić information content (AvgIpc) is 3.00. The van der Waals surface area contributed by atoms with Crippen LogP contribution in [0.4, 0.5) is 16.3 Å². The number of fused-ring (bicyclic) bond motifs is 1. The Hall–Kier alpha value is -2.50. The summed E-state index contributed by atoms with van der Waals surface area (Å²) in [5, 5.41) is 13.5. The Morgan fingerprint density at radius 1 is 1.39 bits per heavy atom. The van der Waals surface area contributed by atoms with Crippen molar-refractivity contribution >= 4 is 17.5 Å². The van der Waals surface area contributed by atoms with E-state index in [1.807, 2.05) is 12.1 Å². The highest BCUT2D eigenvalue weighted by molar-refractivity contribution is 5.88. The predicted octanol–water partition coefficient (Wildman–Crippen LogP) is 2.84. The molecule has 1 unspecified atom stereocenters. The average molecular weight is 313 g/mol. The van der Waals surface area contributed by atoms with E-state index in [9.17, 15) is 4.79 Å². The number of hydrogen-bond donors (Lipinski definition) is 3. The van der Waals surface area contributed by atoms with Crippen LogP contribution in [0.1, 0.15) is 25.3 Å². The van der Waals surface area contributed by atoms with Gasteiger partial charge in [0.15, 0.2) is 0 Å². The molecule has 6 heteroatoms. The number of carbonyl (C=O) groups is 1. The van der Waals surface area contributed by atoms with Gasteiger partial charge in [-0.3, -0.25) is 5.32 Å². The number of nitrogens with one attached hydrogen (secondary N) is 3. The van der Waals surface area contributed by atoms with Gasteiger partial charge in [0.25, 0.3) is 0 Å². The van der Waals surface area contributed by atoms with E-state index in [1.54, 1.807) is 10.9 Å². The van der Waals surface area contributed by atoms with Gasteiger partial charge in [-0.25, -0.2) is 9.48 Å². The van der Waals surface area contributed by atoms with Crippen LogP contribution in [0.25, 0.3) is 0 Å². The van der Waals surface area contributed by atoms with Gasteiger partial charge in [-0.2, -0.15) is 5.10 Å². The maximum atomic E-state index is 12.1. The molecule has 1 aromatic heterocycles. The van der Waals surface area contributed by atoms with Gasteiger partial charge in [-0.15, -0.1) is 0 Å². The van der Waals surface area contributed by atoms with Crippen LogP contribution >= 0.6 is 0 Å². The molecule has 3 rings (SSSR count). The van der Waals surface area contributed by atoms with Crippen molar-refractivity contribution < 1.29 is 4.79 Å². The fourth-order valence-corrected chi connectivity index (χ4v) is 2.86. The number of benzene rings is 1. The van der Waals surface area contributed by atoms with Crippen molar-refractivity contribution in [1.82, 2.24) is 15.1 Å². The Morgan fingerprint density at radius 2 is 2.26 bits per heavy atom. The molecule has 0 aliphatic carbocycles. The minimum Gasteiger partial charge on any atom is -0.380 e. The topological polar surface area (TPSA) is 71.0 Å². The van der Waals surface area contributed by atoms with E-state index in [4.69, 9.17) is 0 Å². The number of aryl methyl sites for hydroxylation is 2. The molecule has 1 aliphatic rings. The number of nitrogens with zero attached hydrogens (tertiary/aromatic N) is 2. The first kappa shape index (κ1) is 15.4. The first-order chi connectivity index (χ1) is 11.3. The summed E-state index contributed by atoms with van der Waals surface area (Å²) in [6.07, 6.45) is 4.74. The van der Waals surface area contributed by atoms with Crippen LogP contribution in [0.3, 0.4) is 0 Å². The highest BCUT2D eigenvalue weighted by Gasteiger charge is 2.17. The Kier molecular flexibility index (Phi) is 4.80. The number of hydrogen-bond acceptors (Lipinski definition) is 3. The summed E-state index contributed by atoms with van der Waals surface area (Å²) in [6, 6.07) is 10.2. The molecule has 0 saturated carbocycles. The van der Waals surface area contributed by atoms with E-state index in [1.165, 1.54) is 11.3 Å². The third-order valence-electron chi connectivity index (χ3n) is 4.04. The third kappa shape index (κ3) is 3.83. The van der Waals surface area contributed by atoms with Crippen molar-refractivity contribution in [2.24, 2.45) is 0 Å². The fourth-order valence-electron chi connectivity index (χ4n) is 2.86. The standard InChI is InChI=1S/C17H23N5O/c1-2-11-22-16(9-10-19-22)21-17(23)18-12-14-8-7-13-5-3-4-6-15(13)20-14/h3-6,9-10,14,20H,2,7-8,11-12H2,1H3,(H2,18,21,23). The predicted molar refractivity (Wildman–Crippen MR) is 91.7 cm³/mol. The lowest BCUT2D eigenvalue weighted by Crippen LogP contribution is -2.40. The van der Waals surface area contributed by atoms with Crippen molar-refractivity contribution in [2.75, 3.05) is 17.2 Å². The number of para-hydroxylation sites is 1. The summed E-state index contributed by atoms with van der Waals surface area (Å²) >= 11 is 0. The molecule has 0 fully saturated rings. The van der Waals surface area contributed by atoms with E-state index < -0.39 is 0 Å². The van der Waals surface area contributed by atoms with Crippen molar-refractivity contribution in [2.45, 2.75) is 38.8 Å². The minimum atomic E-state index is -0.191. The number of rotatable bonds is 5. The summed E-state index contributed by atoms with van der Waals surface area (Å²) in [4.78, 5) is 12.1. The molecule has 1 atom stereocenters. The number of aromatic nitrogens is 2. The first-order valence-electron chi connectivity index (χ1n) is 8.17. The van der Waals surface area contributed by atoms with Gasteiger partial charge < -0.3 is 10.6 Å². The molecule has 1 aliphatic heterocycles. The molecule has 6 nitrogen and oxygen atoms in total. The Bertz CT molecular complexity index is 667. The molecule has 1 aromatic carbocycles. The van der Waals surface area contributed by atoms with E-state index in [0.29, 0.717) is 6.54 Å². The van der Waals surface area contributed by atoms with Gasteiger partial charge in [-0.1, -0.05) is 25.1 Å². The number of anilines is 2. The molecule has 0 saturated heterocycles. The molecular formula is C17H23N5O. The SMILES string of the molecule is CCCn1nccc1NC(=O)NCC1CCc2ccccc2N1. The van der Waals surface area contributed by atoms with E-state index in [-0.39, 0.29) is 12.1 Å². The Labute approximate surface area is 136 Å². The maximum Gasteiger partial charge on any atom is 0.320 e. The molecule has 2 amide bonds. The summed E-state index contributed by atoms with van der Waals surface area (Å²) in [5.74, 6) is 0.728. The van der Waals surface area contributed by atoms with Crippen molar-refractivity contribution in [3.05, 3.63) is 42.1 Å². The highest BCUT2D eigenvalue weighted by atomic mass is 16.2. The van der Waals surface area contributed by atoms with Crippen molar-refractivity contribution in [3.8, 4) is 0 Å². The number of urea groups is 1. The molecule has 0 radical (unpaired) electrons. The van der Waals surface area contributed by atoms with E-state index in [0.717, 1.165) is 31.6 Å². The molecule has 3 N–H and O–H groups in total. The number of carbonyl (C=O) groups excluding carboxylic acids is 1. The van der Waals surface area contributed by atoms with Gasteiger partial charge in [-0.05, 0) is 30.9 Å². The summed E-state index contributed by atoms with van der Waals surface area (Å²) < 4.78 is 1.80. The quantitative estimate of drug-likeness (QED) is 0.795. The zero-order valence-electron chi connectivity index (χ0n) is 13.4. The van der Waals surface area contributed by atoms with Gasteiger partial charge in [0.1, 0.15) is 5.82 Å². The molecule has 2 heterocycles. The molecule has 0 bridgehead atoms. The third-order valence-corrected chi connectivity index (χ3v) is 4.04. The van der Waals surface area contributed by atoms with Gasteiger partial charge >= 0.3 is 6.03 Å². The monoisotopic (exact) mass is 313 g/mol. The van der Waals surface area contributed by atoms with Crippen LogP contribution in [0.2, 0.25) is 0 Å². The van der Waals surface area contributed by atoms with Crippen LogP contribution in [0, 0.1) is 0 Å². The van der Waals surface area contributed by atoms with Crippen LogP contribution in [0.15, 0.2) is 36.5 Å². The summed E-state index contributed by atoms with van der Waals surface area (Å²) in [5.41, 5.74) is 2.52. The zero-order valence-corrected chi connectivity index (χ0v) is 13.4. The lowest BCUT2D eigenvalue weighted by Gasteiger charge is -2.27.